The van der Waals surface area contributed by atoms with E-state index in [4.69, 9.17) is 9.15 Å². The molecule has 2 heterocycles. The van der Waals surface area contributed by atoms with E-state index in [1.807, 2.05) is 56.5 Å². The van der Waals surface area contributed by atoms with Gasteiger partial charge >= 0.3 is 0 Å². The molecular weight excluding hydrogens is 398 g/mol. The highest BCUT2D eigenvalue weighted by Gasteiger charge is 2.11. The van der Waals surface area contributed by atoms with Crippen LogP contribution in [0.25, 0.3) is 11.5 Å². The number of anilines is 1. The molecule has 0 spiro atoms. The number of carbonyl (C=O) groups excluding carboxylic acids is 1. The third kappa shape index (κ3) is 4.58. The van der Waals surface area contributed by atoms with Gasteiger partial charge in [0.05, 0.1) is 16.4 Å². The summed E-state index contributed by atoms with van der Waals surface area (Å²) < 4.78 is 11.5. The molecule has 2 aromatic heterocycles. The minimum atomic E-state index is -0.220. The average Bonchev–Trinajstić information content (AvgIpc) is 3.31. The highest BCUT2D eigenvalue weighted by molar-refractivity contribution is 7.09. The number of oxazole rings is 1. The predicted molar refractivity (Wildman–Crippen MR) is 117 cm³/mol. The summed E-state index contributed by atoms with van der Waals surface area (Å²) in [6, 6.07) is 14.5. The van der Waals surface area contributed by atoms with Crippen molar-refractivity contribution >= 4 is 22.9 Å². The number of nitrogens with zero attached hydrogens (tertiary/aromatic N) is 2. The Morgan fingerprint density at radius 1 is 1.10 bits per heavy atom. The summed E-state index contributed by atoms with van der Waals surface area (Å²) >= 11 is 1.58. The first-order valence-electron chi connectivity index (χ1n) is 9.47. The molecule has 2 aromatic carbocycles. The lowest BCUT2D eigenvalue weighted by Crippen LogP contribution is -2.12. The van der Waals surface area contributed by atoms with E-state index in [9.17, 15) is 4.79 Å². The molecule has 4 aromatic rings. The molecule has 0 aliphatic heterocycles. The van der Waals surface area contributed by atoms with Crippen LogP contribution in [0.2, 0.25) is 0 Å². The van der Waals surface area contributed by atoms with Crippen LogP contribution in [-0.4, -0.2) is 15.9 Å². The molecule has 1 N–H and O–H groups in total. The van der Waals surface area contributed by atoms with Gasteiger partial charge in [-0.05, 0) is 57.2 Å². The third-order valence-corrected chi connectivity index (χ3v) is 5.37. The number of carbonyl (C=O) groups is 1. The summed E-state index contributed by atoms with van der Waals surface area (Å²) in [7, 11) is 0. The summed E-state index contributed by atoms with van der Waals surface area (Å²) in [5.74, 6) is 1.72. The number of thiazole rings is 1. The first kappa shape index (κ1) is 19.8. The summed E-state index contributed by atoms with van der Waals surface area (Å²) in [5, 5.41) is 5.89. The normalized spacial score (nSPS) is 10.8. The quantitative estimate of drug-likeness (QED) is 0.443. The van der Waals surface area contributed by atoms with Crippen molar-refractivity contribution in [2.45, 2.75) is 27.4 Å². The van der Waals surface area contributed by atoms with Crippen LogP contribution in [0.15, 0.2) is 58.3 Å². The summed E-state index contributed by atoms with van der Waals surface area (Å²) in [5.41, 5.74) is 3.70. The molecule has 4 rings (SSSR count). The van der Waals surface area contributed by atoms with Crippen molar-refractivity contribution in [1.82, 2.24) is 9.97 Å². The summed E-state index contributed by atoms with van der Waals surface area (Å²) in [6.07, 6.45) is 0. The fourth-order valence-electron chi connectivity index (χ4n) is 2.89. The van der Waals surface area contributed by atoms with Gasteiger partial charge in [-0.1, -0.05) is 12.1 Å². The molecule has 0 fully saturated rings. The molecule has 7 heteroatoms. The zero-order chi connectivity index (χ0) is 21.1. The number of aryl methyl sites for hydroxylation is 3. The Kier molecular flexibility index (Phi) is 5.63. The first-order valence-corrected chi connectivity index (χ1v) is 10.4. The molecule has 1 amide bonds. The van der Waals surface area contributed by atoms with Crippen molar-refractivity contribution in [3.63, 3.8) is 0 Å². The Hall–Kier alpha value is -3.45. The van der Waals surface area contributed by atoms with Crippen LogP contribution in [0.4, 0.5) is 5.69 Å². The van der Waals surface area contributed by atoms with Gasteiger partial charge in [-0.25, -0.2) is 9.97 Å². The predicted octanol–water partition coefficient (Wildman–Crippen LogP) is 5.55. The molecule has 152 valence electrons. The van der Waals surface area contributed by atoms with Gasteiger partial charge in [-0.2, -0.15) is 0 Å². The maximum atomic E-state index is 12.7. The van der Waals surface area contributed by atoms with Crippen molar-refractivity contribution in [1.29, 1.82) is 0 Å². The van der Waals surface area contributed by atoms with Crippen LogP contribution < -0.4 is 10.1 Å². The maximum absolute atomic E-state index is 12.7. The van der Waals surface area contributed by atoms with Gasteiger partial charge in [0.15, 0.2) is 0 Å². The molecule has 0 radical (unpaired) electrons. The molecule has 6 nitrogen and oxygen atoms in total. The Bertz CT molecular complexity index is 1180. The number of hydrogen-bond donors (Lipinski definition) is 1. The number of amides is 1. The summed E-state index contributed by atoms with van der Waals surface area (Å²) in [4.78, 5) is 21.5. The first-order chi connectivity index (χ1) is 14.5. The molecule has 0 unspecified atom stereocenters. The fraction of sp³-hybridized carbons (Fsp3) is 0.174. The monoisotopic (exact) mass is 419 g/mol. The van der Waals surface area contributed by atoms with E-state index in [1.165, 1.54) is 0 Å². The van der Waals surface area contributed by atoms with Gasteiger partial charge < -0.3 is 14.5 Å². The van der Waals surface area contributed by atoms with Crippen LogP contribution in [0.5, 0.6) is 5.75 Å². The second kappa shape index (κ2) is 8.51. The number of hydrogen-bond acceptors (Lipinski definition) is 6. The van der Waals surface area contributed by atoms with Crippen molar-refractivity contribution in [2.75, 3.05) is 5.32 Å². The van der Waals surface area contributed by atoms with E-state index in [0.29, 0.717) is 29.5 Å². The molecule has 0 aliphatic rings. The number of aromatic nitrogens is 2. The molecule has 0 atom stereocenters. The van der Waals surface area contributed by atoms with Gasteiger partial charge in [0.2, 0.25) is 5.89 Å². The molecule has 30 heavy (non-hydrogen) atoms. The van der Waals surface area contributed by atoms with Gasteiger partial charge in [0.1, 0.15) is 18.1 Å². The van der Waals surface area contributed by atoms with E-state index >= 15 is 0 Å². The highest BCUT2D eigenvalue weighted by Crippen LogP contribution is 2.24. The van der Waals surface area contributed by atoms with Crippen LogP contribution in [-0.2, 0) is 6.61 Å². The second-order valence-electron chi connectivity index (χ2n) is 6.87. The van der Waals surface area contributed by atoms with Gasteiger partial charge in [0, 0.05) is 22.2 Å². The van der Waals surface area contributed by atoms with E-state index in [-0.39, 0.29) is 5.91 Å². The minimum absolute atomic E-state index is 0.220. The third-order valence-electron chi connectivity index (χ3n) is 4.55. The van der Waals surface area contributed by atoms with Gasteiger partial charge in [-0.3, -0.25) is 4.79 Å². The molecule has 0 aliphatic carbocycles. The Labute approximate surface area is 178 Å². The lowest BCUT2D eigenvalue weighted by atomic mass is 10.1. The zero-order valence-electron chi connectivity index (χ0n) is 16.9. The van der Waals surface area contributed by atoms with E-state index < -0.39 is 0 Å². The molecular formula is C23H21N3O3S. The van der Waals surface area contributed by atoms with Crippen molar-refractivity contribution in [3.05, 3.63) is 81.6 Å². The summed E-state index contributed by atoms with van der Waals surface area (Å²) in [6.45, 7) is 6.10. The fourth-order valence-corrected chi connectivity index (χ4v) is 3.49. The van der Waals surface area contributed by atoms with Crippen molar-refractivity contribution in [2.24, 2.45) is 0 Å². The number of nitrogens with one attached hydrogen (secondary N) is 1. The smallest absolute Gasteiger partial charge is 0.255 e. The molecule has 0 bridgehead atoms. The van der Waals surface area contributed by atoms with Crippen LogP contribution >= 0.6 is 11.3 Å². The Morgan fingerprint density at radius 3 is 2.67 bits per heavy atom. The average molecular weight is 420 g/mol. The van der Waals surface area contributed by atoms with E-state index in [2.05, 4.69) is 15.3 Å². The highest BCUT2D eigenvalue weighted by atomic mass is 32.1. The van der Waals surface area contributed by atoms with Crippen molar-refractivity contribution < 1.29 is 13.9 Å². The number of ether oxygens (including phenoxy) is 1. The topological polar surface area (TPSA) is 77.2 Å². The Balaban J connectivity index is 1.45. The van der Waals surface area contributed by atoms with Crippen molar-refractivity contribution in [3.8, 4) is 17.2 Å². The largest absolute Gasteiger partial charge is 0.487 e. The standard InChI is InChI=1S/C23H21N3O3S/c1-14-15(2)29-23(24-14)18-7-4-8-19(10-18)26-22(27)17-6-5-9-21(11-17)28-12-20-13-30-16(3)25-20/h4-11,13H,12H2,1-3H3,(H,26,27). The SMILES string of the molecule is Cc1nc(COc2cccc(C(=O)Nc3cccc(-c4nc(C)c(C)o4)c3)c2)cs1. The second-order valence-corrected chi connectivity index (χ2v) is 7.93. The molecule has 0 saturated carbocycles. The number of benzene rings is 2. The zero-order valence-corrected chi connectivity index (χ0v) is 17.7. The lowest BCUT2D eigenvalue weighted by Gasteiger charge is -2.09. The Morgan fingerprint density at radius 2 is 1.93 bits per heavy atom. The minimum Gasteiger partial charge on any atom is -0.487 e. The maximum Gasteiger partial charge on any atom is 0.255 e. The van der Waals surface area contributed by atoms with Crippen LogP contribution in [0.3, 0.4) is 0 Å². The van der Waals surface area contributed by atoms with E-state index in [1.54, 1.807) is 29.5 Å². The van der Waals surface area contributed by atoms with Gasteiger partial charge in [0.25, 0.3) is 5.91 Å². The van der Waals surface area contributed by atoms with E-state index in [0.717, 1.165) is 27.7 Å². The van der Waals surface area contributed by atoms with Gasteiger partial charge in [-0.15, -0.1) is 11.3 Å². The number of rotatable bonds is 6. The van der Waals surface area contributed by atoms with Crippen LogP contribution in [0.1, 0.15) is 32.5 Å². The van der Waals surface area contributed by atoms with Crippen LogP contribution in [0, 0.1) is 20.8 Å². The molecule has 0 saturated heterocycles. The lowest BCUT2D eigenvalue weighted by molar-refractivity contribution is 0.102.